The number of hydrogen-bond donors (Lipinski definition) is 0. The fourth-order valence-electron chi connectivity index (χ4n) is 6.82. The van der Waals surface area contributed by atoms with Crippen LogP contribution in [0.5, 0.6) is 0 Å². The molecule has 5 aromatic rings. The van der Waals surface area contributed by atoms with Crippen molar-refractivity contribution < 1.29 is 0 Å². The number of allylic oxidation sites excluding steroid dienone is 4. The summed E-state index contributed by atoms with van der Waals surface area (Å²) in [5, 5.41) is 9.56. The van der Waals surface area contributed by atoms with E-state index in [0.29, 0.717) is 5.56 Å². The second kappa shape index (κ2) is 9.26. The third kappa shape index (κ3) is 3.28. The van der Waals surface area contributed by atoms with Gasteiger partial charge >= 0.3 is 0 Å². The topological polar surface area (TPSA) is 27.0 Å². The Labute approximate surface area is 235 Å². The Morgan fingerprint density at radius 3 is 2.17 bits per heavy atom. The molecule has 0 N–H and O–H groups in total. The highest BCUT2D eigenvalue weighted by Crippen LogP contribution is 2.62. The SMILES string of the molecule is C/C=C\C1=C(C)C2(c3ccccc31)c1ccccc1N(c1ccccc1)c1cc(-c3cccc(C#N)c3)ccc12. The van der Waals surface area contributed by atoms with Crippen LogP contribution in [-0.4, -0.2) is 0 Å². The van der Waals surface area contributed by atoms with Gasteiger partial charge in [-0.05, 0) is 94.8 Å². The third-order valence-corrected chi connectivity index (χ3v) is 8.45. The van der Waals surface area contributed by atoms with Crippen LogP contribution in [0.3, 0.4) is 0 Å². The average Bonchev–Trinajstić information content (AvgIpc) is 3.26. The van der Waals surface area contributed by atoms with E-state index in [1.807, 2.05) is 18.2 Å². The van der Waals surface area contributed by atoms with Crippen LogP contribution < -0.4 is 4.90 Å². The average molecular weight is 513 g/mol. The second-order valence-electron chi connectivity index (χ2n) is 10.4. The molecule has 1 aliphatic heterocycles. The molecular weight excluding hydrogens is 484 g/mol. The Morgan fingerprint density at radius 1 is 0.675 bits per heavy atom. The molecular formula is C38H28N2. The summed E-state index contributed by atoms with van der Waals surface area (Å²) in [7, 11) is 0. The first-order valence-electron chi connectivity index (χ1n) is 13.7. The first-order valence-corrected chi connectivity index (χ1v) is 13.7. The number of para-hydroxylation sites is 2. The molecule has 0 aromatic heterocycles. The van der Waals surface area contributed by atoms with Gasteiger partial charge in [0, 0.05) is 5.69 Å². The maximum absolute atomic E-state index is 9.56. The highest BCUT2D eigenvalue weighted by Gasteiger charge is 2.51. The van der Waals surface area contributed by atoms with Crippen LogP contribution in [0.1, 0.15) is 41.7 Å². The minimum Gasteiger partial charge on any atom is -0.310 e. The minimum atomic E-state index is -0.421. The van der Waals surface area contributed by atoms with Crippen LogP contribution in [0.2, 0.25) is 0 Å². The molecule has 1 heterocycles. The zero-order valence-corrected chi connectivity index (χ0v) is 22.6. The van der Waals surface area contributed by atoms with Crippen molar-refractivity contribution in [3.05, 3.63) is 167 Å². The summed E-state index contributed by atoms with van der Waals surface area (Å²) >= 11 is 0. The van der Waals surface area contributed by atoms with Gasteiger partial charge in [-0.15, -0.1) is 0 Å². The number of benzene rings is 5. The number of fused-ring (bicyclic) bond motifs is 6. The van der Waals surface area contributed by atoms with Crippen LogP contribution in [-0.2, 0) is 5.41 Å². The first-order chi connectivity index (χ1) is 19.7. The molecule has 1 unspecified atom stereocenters. The van der Waals surface area contributed by atoms with Crippen molar-refractivity contribution in [1.82, 2.24) is 0 Å². The van der Waals surface area contributed by atoms with Crippen LogP contribution in [0.25, 0.3) is 16.7 Å². The van der Waals surface area contributed by atoms with Gasteiger partial charge < -0.3 is 4.90 Å². The summed E-state index contributed by atoms with van der Waals surface area (Å²) in [6, 6.07) is 45.4. The molecule has 0 saturated carbocycles. The molecule has 40 heavy (non-hydrogen) atoms. The minimum absolute atomic E-state index is 0.421. The van der Waals surface area contributed by atoms with Crippen LogP contribution >= 0.6 is 0 Å². The number of hydrogen-bond acceptors (Lipinski definition) is 2. The molecule has 2 nitrogen and oxygen atoms in total. The zero-order chi connectivity index (χ0) is 27.3. The molecule has 1 atom stereocenters. The maximum Gasteiger partial charge on any atom is 0.0991 e. The van der Waals surface area contributed by atoms with E-state index in [0.717, 1.165) is 22.5 Å². The van der Waals surface area contributed by atoms with Crippen LogP contribution in [0, 0.1) is 11.3 Å². The van der Waals surface area contributed by atoms with E-state index in [9.17, 15) is 5.26 Å². The molecule has 0 radical (unpaired) electrons. The van der Waals surface area contributed by atoms with Gasteiger partial charge in [0.25, 0.3) is 0 Å². The van der Waals surface area contributed by atoms with Gasteiger partial charge in [-0.1, -0.05) is 97.1 Å². The van der Waals surface area contributed by atoms with E-state index >= 15 is 0 Å². The molecule has 1 spiro atoms. The summed E-state index contributed by atoms with van der Waals surface area (Å²) in [5.74, 6) is 0. The van der Waals surface area contributed by atoms with Gasteiger partial charge in [-0.3, -0.25) is 0 Å². The van der Waals surface area contributed by atoms with E-state index < -0.39 is 5.41 Å². The zero-order valence-electron chi connectivity index (χ0n) is 22.6. The monoisotopic (exact) mass is 512 g/mol. The highest BCUT2D eigenvalue weighted by molar-refractivity contribution is 5.97. The van der Waals surface area contributed by atoms with Crippen LogP contribution in [0.15, 0.2) is 139 Å². The molecule has 2 aliphatic rings. The molecule has 5 aromatic carbocycles. The van der Waals surface area contributed by atoms with Crippen molar-refractivity contribution in [1.29, 1.82) is 5.26 Å². The number of rotatable bonds is 3. The lowest BCUT2D eigenvalue weighted by Crippen LogP contribution is -2.36. The quantitative estimate of drug-likeness (QED) is 0.241. The molecule has 0 saturated heterocycles. The first kappa shape index (κ1) is 23.9. The Kier molecular flexibility index (Phi) is 5.54. The lowest BCUT2D eigenvalue weighted by molar-refractivity contribution is 0.729. The highest BCUT2D eigenvalue weighted by atomic mass is 15.2. The molecule has 190 valence electrons. The Bertz CT molecular complexity index is 1890. The fraction of sp³-hybridized carbons (Fsp3) is 0.0789. The van der Waals surface area contributed by atoms with Crippen molar-refractivity contribution >= 4 is 22.6 Å². The maximum atomic E-state index is 9.56. The van der Waals surface area contributed by atoms with Crippen molar-refractivity contribution in [2.45, 2.75) is 19.3 Å². The molecule has 0 amide bonds. The predicted octanol–water partition coefficient (Wildman–Crippen LogP) is 9.71. The molecule has 2 heteroatoms. The standard InChI is InChI=1S/C38H28N2/c1-3-12-31-26(2)38(33-18-8-7-17-32(31)33)34-19-9-10-20-36(34)40(30-15-5-4-6-16-30)37-24-29(21-22-35(37)38)28-14-11-13-27(23-28)25-39/h3-24H,1-2H3/b12-3-. The number of anilines is 3. The van der Waals surface area contributed by atoms with Crippen LogP contribution in [0.4, 0.5) is 17.1 Å². The normalized spacial score (nSPS) is 17.1. The van der Waals surface area contributed by atoms with E-state index in [-0.39, 0.29) is 0 Å². The van der Waals surface area contributed by atoms with Crippen molar-refractivity contribution in [2.75, 3.05) is 4.90 Å². The smallest absolute Gasteiger partial charge is 0.0991 e. The molecule has 1 aliphatic carbocycles. The molecule has 0 bridgehead atoms. The predicted molar refractivity (Wildman–Crippen MR) is 165 cm³/mol. The van der Waals surface area contributed by atoms with Gasteiger partial charge in [-0.2, -0.15) is 5.26 Å². The van der Waals surface area contributed by atoms with Crippen molar-refractivity contribution in [3.8, 4) is 17.2 Å². The largest absolute Gasteiger partial charge is 0.310 e. The Hall–Kier alpha value is -5.13. The summed E-state index contributed by atoms with van der Waals surface area (Å²) < 4.78 is 0. The van der Waals surface area contributed by atoms with Crippen molar-refractivity contribution in [2.24, 2.45) is 0 Å². The van der Waals surface area contributed by atoms with E-state index in [2.05, 4.69) is 140 Å². The summed E-state index contributed by atoms with van der Waals surface area (Å²) in [6.07, 6.45) is 4.41. The summed E-state index contributed by atoms with van der Waals surface area (Å²) in [5.41, 5.74) is 13.6. The van der Waals surface area contributed by atoms with Gasteiger partial charge in [0.1, 0.15) is 0 Å². The van der Waals surface area contributed by atoms with Gasteiger partial charge in [0.15, 0.2) is 0 Å². The molecule has 0 fully saturated rings. The second-order valence-corrected chi connectivity index (χ2v) is 10.4. The van der Waals surface area contributed by atoms with E-state index in [1.54, 1.807) is 0 Å². The number of nitriles is 1. The Balaban J connectivity index is 1.61. The van der Waals surface area contributed by atoms with E-state index in [4.69, 9.17) is 0 Å². The van der Waals surface area contributed by atoms with Gasteiger partial charge in [0.2, 0.25) is 0 Å². The third-order valence-electron chi connectivity index (χ3n) is 8.45. The van der Waals surface area contributed by atoms with Gasteiger partial charge in [0.05, 0.1) is 28.4 Å². The molecule has 7 rings (SSSR count). The lowest BCUT2D eigenvalue weighted by Gasteiger charge is -2.45. The number of nitrogens with zero attached hydrogens (tertiary/aromatic N) is 2. The van der Waals surface area contributed by atoms with Crippen molar-refractivity contribution in [3.63, 3.8) is 0 Å². The lowest BCUT2D eigenvalue weighted by atomic mass is 9.64. The summed E-state index contributed by atoms with van der Waals surface area (Å²) in [4.78, 5) is 2.40. The van der Waals surface area contributed by atoms with Gasteiger partial charge in [-0.25, -0.2) is 0 Å². The summed E-state index contributed by atoms with van der Waals surface area (Å²) in [6.45, 7) is 4.40. The van der Waals surface area contributed by atoms with E-state index in [1.165, 1.54) is 39.1 Å². The Morgan fingerprint density at radius 2 is 1.38 bits per heavy atom. The fourth-order valence-corrected chi connectivity index (χ4v) is 6.82.